The minimum absolute atomic E-state index is 0.186. The van der Waals surface area contributed by atoms with Crippen LogP contribution in [0.25, 0.3) is 11.3 Å². The Hall–Kier alpha value is -1.86. The van der Waals surface area contributed by atoms with Crippen LogP contribution in [0.2, 0.25) is 5.02 Å². The van der Waals surface area contributed by atoms with Crippen LogP contribution < -0.4 is 4.72 Å². The van der Waals surface area contributed by atoms with Crippen molar-refractivity contribution < 1.29 is 17.7 Å². The second kappa shape index (κ2) is 5.87. The van der Waals surface area contributed by atoms with Gasteiger partial charge in [-0.25, -0.2) is 13.1 Å². The van der Waals surface area contributed by atoms with Crippen LogP contribution in [0.4, 0.5) is 0 Å². The maximum atomic E-state index is 11.8. The van der Waals surface area contributed by atoms with Crippen molar-refractivity contribution in [2.45, 2.75) is 19.1 Å². The van der Waals surface area contributed by atoms with Gasteiger partial charge in [-0.05, 0) is 26.0 Å². The number of amides is 1. The molecule has 2 aromatic rings. The lowest BCUT2D eigenvalue weighted by Gasteiger charge is -2.07. The zero-order valence-electron chi connectivity index (χ0n) is 11.3. The number of carbonyl (C=O) groups is 1. The van der Waals surface area contributed by atoms with Crippen molar-refractivity contribution in [2.75, 3.05) is 0 Å². The third kappa shape index (κ3) is 3.62. The lowest BCUT2D eigenvalue weighted by molar-refractivity contribution is 0.0945. The summed E-state index contributed by atoms with van der Waals surface area (Å²) >= 11 is 5.87. The molecular formula is C13H13ClN2O4S. The van der Waals surface area contributed by atoms with Gasteiger partial charge in [0.2, 0.25) is 15.8 Å². The molecule has 1 N–H and O–H groups in total. The van der Waals surface area contributed by atoms with E-state index in [0.29, 0.717) is 16.3 Å². The number of benzene rings is 1. The first-order valence-electron chi connectivity index (χ1n) is 6.08. The van der Waals surface area contributed by atoms with Crippen LogP contribution in [-0.2, 0) is 10.0 Å². The van der Waals surface area contributed by atoms with E-state index in [9.17, 15) is 13.2 Å². The third-order valence-corrected chi connectivity index (χ3v) is 4.66. The van der Waals surface area contributed by atoms with Crippen LogP contribution in [0.5, 0.6) is 0 Å². The van der Waals surface area contributed by atoms with E-state index in [-0.39, 0.29) is 5.76 Å². The van der Waals surface area contributed by atoms with E-state index in [4.69, 9.17) is 16.1 Å². The average Bonchev–Trinajstić information content (AvgIpc) is 2.87. The summed E-state index contributed by atoms with van der Waals surface area (Å²) in [6, 6.07) is 8.20. The van der Waals surface area contributed by atoms with E-state index in [1.807, 2.05) is 4.72 Å². The van der Waals surface area contributed by atoms with E-state index < -0.39 is 21.2 Å². The van der Waals surface area contributed by atoms with Crippen LogP contribution in [0.3, 0.4) is 0 Å². The van der Waals surface area contributed by atoms with Crippen LogP contribution >= 0.6 is 11.6 Å². The Balaban J connectivity index is 2.22. The Morgan fingerprint density at radius 1 is 1.33 bits per heavy atom. The van der Waals surface area contributed by atoms with E-state index in [2.05, 4.69) is 5.16 Å². The second-order valence-corrected chi connectivity index (χ2v) is 7.29. The number of rotatable bonds is 4. The van der Waals surface area contributed by atoms with Crippen LogP contribution in [0, 0.1) is 0 Å². The van der Waals surface area contributed by atoms with Crippen LogP contribution in [0.1, 0.15) is 24.4 Å². The zero-order chi connectivity index (χ0) is 15.6. The van der Waals surface area contributed by atoms with Gasteiger partial charge in [-0.3, -0.25) is 4.79 Å². The first-order valence-corrected chi connectivity index (χ1v) is 8.00. The minimum Gasteiger partial charge on any atom is -0.350 e. The number of halogens is 1. The van der Waals surface area contributed by atoms with E-state index in [1.165, 1.54) is 19.9 Å². The summed E-state index contributed by atoms with van der Waals surface area (Å²) < 4.78 is 30.0. The Bertz CT molecular complexity index is 768. The van der Waals surface area contributed by atoms with Gasteiger partial charge in [0, 0.05) is 16.7 Å². The largest absolute Gasteiger partial charge is 0.350 e. The highest BCUT2D eigenvalue weighted by Crippen LogP contribution is 2.22. The molecule has 0 spiro atoms. The Morgan fingerprint density at radius 2 is 2.05 bits per heavy atom. The minimum atomic E-state index is -3.72. The fourth-order valence-electron chi connectivity index (χ4n) is 1.46. The molecule has 0 aliphatic carbocycles. The lowest BCUT2D eigenvalue weighted by Crippen LogP contribution is -2.35. The molecule has 112 valence electrons. The molecule has 0 saturated heterocycles. The monoisotopic (exact) mass is 328 g/mol. The molecule has 1 heterocycles. The van der Waals surface area contributed by atoms with Gasteiger partial charge in [-0.2, -0.15) is 0 Å². The number of nitrogens with one attached hydrogen (secondary N) is 1. The molecule has 6 nitrogen and oxygen atoms in total. The molecule has 0 radical (unpaired) electrons. The van der Waals surface area contributed by atoms with Crippen LogP contribution in [-0.4, -0.2) is 24.7 Å². The molecule has 1 aromatic carbocycles. The van der Waals surface area contributed by atoms with Gasteiger partial charge in [0.15, 0.2) is 0 Å². The molecule has 0 atom stereocenters. The highest BCUT2D eigenvalue weighted by Gasteiger charge is 2.22. The van der Waals surface area contributed by atoms with Crippen molar-refractivity contribution in [1.29, 1.82) is 0 Å². The molecule has 0 aliphatic rings. The van der Waals surface area contributed by atoms with Crippen LogP contribution in [0.15, 0.2) is 34.9 Å². The highest BCUT2D eigenvalue weighted by molar-refractivity contribution is 7.90. The summed E-state index contributed by atoms with van der Waals surface area (Å²) in [4.78, 5) is 11.8. The fraction of sp³-hybridized carbons (Fsp3) is 0.231. The van der Waals surface area contributed by atoms with Gasteiger partial charge >= 0.3 is 5.91 Å². The molecular weight excluding hydrogens is 316 g/mol. The highest BCUT2D eigenvalue weighted by atomic mass is 35.5. The number of hydrogen-bond donors (Lipinski definition) is 1. The van der Waals surface area contributed by atoms with Gasteiger partial charge in [-0.15, -0.1) is 0 Å². The lowest BCUT2D eigenvalue weighted by atomic mass is 10.1. The quantitative estimate of drug-likeness (QED) is 0.931. The number of aromatic nitrogens is 1. The summed E-state index contributed by atoms with van der Waals surface area (Å²) in [5.74, 6) is -1.04. The maximum absolute atomic E-state index is 11.8. The maximum Gasteiger partial charge on any atom is 0.303 e. The average molecular weight is 329 g/mol. The Morgan fingerprint density at radius 3 is 2.67 bits per heavy atom. The molecule has 0 saturated carbocycles. The van der Waals surface area contributed by atoms with Gasteiger partial charge in [-0.1, -0.05) is 28.9 Å². The molecule has 0 fully saturated rings. The Labute approximate surface area is 127 Å². The molecule has 1 amide bonds. The number of sulfonamides is 1. The summed E-state index contributed by atoms with van der Waals surface area (Å²) in [7, 11) is -3.72. The molecule has 1 aromatic heterocycles. The molecule has 21 heavy (non-hydrogen) atoms. The fourth-order valence-corrected chi connectivity index (χ4v) is 2.25. The molecule has 8 heteroatoms. The number of carbonyl (C=O) groups excluding carboxylic acids is 1. The first kappa shape index (κ1) is 15.5. The van der Waals surface area contributed by atoms with Crippen molar-refractivity contribution >= 4 is 27.5 Å². The second-order valence-electron chi connectivity index (χ2n) is 4.61. The first-order chi connectivity index (χ1) is 9.79. The summed E-state index contributed by atoms with van der Waals surface area (Å²) in [6.45, 7) is 2.93. The number of nitrogens with zero attached hydrogens (tertiary/aromatic N) is 1. The standard InChI is InChI=1S/C13H13ClN2O4S/c1-8(2)21(18,19)16-13(17)12-7-11(15-20-12)9-4-3-5-10(14)6-9/h3-8H,1-2H3,(H,16,17). The van der Waals surface area contributed by atoms with Crippen molar-refractivity contribution in [2.24, 2.45) is 0 Å². The number of hydrogen-bond acceptors (Lipinski definition) is 5. The summed E-state index contributed by atoms with van der Waals surface area (Å²) in [5.41, 5.74) is 1.06. The van der Waals surface area contributed by atoms with Gasteiger partial charge < -0.3 is 4.52 Å². The predicted molar refractivity (Wildman–Crippen MR) is 78.5 cm³/mol. The molecule has 0 aliphatic heterocycles. The molecule has 0 unspecified atom stereocenters. The normalized spacial score (nSPS) is 11.6. The third-order valence-electron chi connectivity index (χ3n) is 2.71. The Kier molecular flexibility index (Phi) is 4.34. The summed E-state index contributed by atoms with van der Waals surface area (Å²) in [5, 5.41) is 3.53. The van der Waals surface area contributed by atoms with E-state index in [0.717, 1.165) is 0 Å². The zero-order valence-corrected chi connectivity index (χ0v) is 12.9. The van der Waals surface area contributed by atoms with Crippen molar-refractivity contribution in [3.8, 4) is 11.3 Å². The van der Waals surface area contributed by atoms with Gasteiger partial charge in [0.25, 0.3) is 0 Å². The predicted octanol–water partition coefficient (Wildman–Crippen LogP) is 2.46. The van der Waals surface area contributed by atoms with Crippen molar-refractivity contribution in [3.63, 3.8) is 0 Å². The van der Waals surface area contributed by atoms with Crippen molar-refractivity contribution in [3.05, 3.63) is 41.1 Å². The van der Waals surface area contributed by atoms with E-state index in [1.54, 1.807) is 24.3 Å². The SMILES string of the molecule is CC(C)S(=O)(=O)NC(=O)c1cc(-c2cccc(Cl)c2)no1. The topological polar surface area (TPSA) is 89.3 Å². The summed E-state index contributed by atoms with van der Waals surface area (Å²) in [6.07, 6.45) is 0. The molecule has 2 rings (SSSR count). The molecule has 0 bridgehead atoms. The van der Waals surface area contributed by atoms with E-state index >= 15 is 0 Å². The smallest absolute Gasteiger partial charge is 0.303 e. The van der Waals surface area contributed by atoms with Gasteiger partial charge in [0.05, 0.1) is 5.25 Å². The van der Waals surface area contributed by atoms with Crippen molar-refractivity contribution in [1.82, 2.24) is 9.88 Å². The van der Waals surface area contributed by atoms with Gasteiger partial charge in [0.1, 0.15) is 5.69 Å².